The molecule has 2 rings (SSSR count). The fourth-order valence-electron chi connectivity index (χ4n) is 1.36. The number of fused-ring (bicyclic) bond motifs is 1. The minimum atomic E-state index is -1.22. The van der Waals surface area contributed by atoms with Crippen LogP contribution in [0.5, 0.6) is 0 Å². The lowest BCUT2D eigenvalue weighted by atomic mass is 10.2. The monoisotopic (exact) mass is 224 g/mol. The van der Waals surface area contributed by atoms with Gasteiger partial charge in [0.2, 0.25) is 5.82 Å². The van der Waals surface area contributed by atoms with E-state index in [0.717, 1.165) is 10.4 Å². The summed E-state index contributed by atoms with van der Waals surface area (Å²) in [5.41, 5.74) is 0.472. The number of nitrogens with zero attached hydrogens (tertiary/aromatic N) is 1. The summed E-state index contributed by atoms with van der Waals surface area (Å²) in [7, 11) is 0. The van der Waals surface area contributed by atoms with Gasteiger partial charge in [-0.25, -0.2) is 9.78 Å². The Morgan fingerprint density at radius 1 is 1.47 bits per heavy atom. The Morgan fingerprint density at radius 2 is 2.13 bits per heavy atom. The van der Waals surface area contributed by atoms with Gasteiger partial charge in [0.15, 0.2) is 0 Å². The Hall–Kier alpha value is -1.69. The standard InChI is InChI=1S/C9H8N2O3S/c1-3-4(2)15-8-5(3)7(12)10-6(11-8)9(13)14/h1-2H3,(H,13,14)(H,10,11,12). The molecule has 2 heterocycles. The number of hydrogen-bond donors (Lipinski definition) is 2. The molecular weight excluding hydrogens is 216 g/mol. The lowest BCUT2D eigenvalue weighted by Gasteiger charge is -1.94. The van der Waals surface area contributed by atoms with E-state index < -0.39 is 5.97 Å². The second kappa shape index (κ2) is 3.16. The zero-order chi connectivity index (χ0) is 11.2. The number of H-pyrrole nitrogens is 1. The average Bonchev–Trinajstić information content (AvgIpc) is 2.42. The van der Waals surface area contributed by atoms with Gasteiger partial charge in [-0.05, 0) is 19.4 Å². The molecule has 0 aromatic carbocycles. The molecule has 2 aromatic rings. The van der Waals surface area contributed by atoms with Gasteiger partial charge in [0.05, 0.1) is 5.39 Å². The van der Waals surface area contributed by atoms with Crippen LogP contribution in [0, 0.1) is 13.8 Å². The van der Waals surface area contributed by atoms with Crippen LogP contribution in [0.25, 0.3) is 10.2 Å². The summed E-state index contributed by atoms with van der Waals surface area (Å²) in [5, 5.41) is 9.21. The van der Waals surface area contributed by atoms with E-state index in [-0.39, 0.29) is 11.4 Å². The van der Waals surface area contributed by atoms with Crippen LogP contribution < -0.4 is 5.56 Å². The molecule has 0 aliphatic rings. The number of aromatic carboxylic acids is 1. The Labute approximate surface area is 88.4 Å². The zero-order valence-electron chi connectivity index (χ0n) is 8.12. The quantitative estimate of drug-likeness (QED) is 0.764. The van der Waals surface area contributed by atoms with Crippen molar-refractivity contribution in [1.82, 2.24) is 9.97 Å². The molecule has 0 saturated carbocycles. The van der Waals surface area contributed by atoms with Crippen molar-refractivity contribution in [2.45, 2.75) is 13.8 Å². The van der Waals surface area contributed by atoms with Crippen LogP contribution in [-0.2, 0) is 0 Å². The Bertz CT molecular complexity index is 612. The van der Waals surface area contributed by atoms with Gasteiger partial charge in [-0.2, -0.15) is 0 Å². The number of aromatic amines is 1. The third kappa shape index (κ3) is 1.42. The minimum absolute atomic E-state index is 0.311. The van der Waals surface area contributed by atoms with Crippen molar-refractivity contribution in [2.75, 3.05) is 0 Å². The number of aryl methyl sites for hydroxylation is 2. The summed E-state index contributed by atoms with van der Waals surface area (Å²) in [6.07, 6.45) is 0. The molecule has 0 unspecified atom stereocenters. The molecule has 0 amide bonds. The number of nitrogens with one attached hydrogen (secondary N) is 1. The lowest BCUT2D eigenvalue weighted by molar-refractivity contribution is 0.0683. The van der Waals surface area contributed by atoms with Crippen LogP contribution in [0.2, 0.25) is 0 Å². The number of thiophene rings is 1. The van der Waals surface area contributed by atoms with Crippen LogP contribution in [-0.4, -0.2) is 21.0 Å². The number of carbonyl (C=O) groups is 1. The van der Waals surface area contributed by atoms with E-state index in [1.165, 1.54) is 11.3 Å². The maximum atomic E-state index is 11.6. The van der Waals surface area contributed by atoms with Crippen molar-refractivity contribution >= 4 is 27.5 Å². The first-order chi connectivity index (χ1) is 7.00. The van der Waals surface area contributed by atoms with Crippen molar-refractivity contribution in [3.05, 3.63) is 26.6 Å². The molecular formula is C9H8N2O3S. The molecule has 0 spiro atoms. The van der Waals surface area contributed by atoms with Gasteiger partial charge in [0.25, 0.3) is 5.56 Å². The number of rotatable bonds is 1. The molecule has 2 aromatic heterocycles. The van der Waals surface area contributed by atoms with Crippen LogP contribution in [0.3, 0.4) is 0 Å². The first kappa shape index (κ1) is 9.85. The first-order valence-electron chi connectivity index (χ1n) is 4.24. The van der Waals surface area contributed by atoms with E-state index >= 15 is 0 Å². The highest BCUT2D eigenvalue weighted by Gasteiger charge is 2.14. The van der Waals surface area contributed by atoms with E-state index in [2.05, 4.69) is 9.97 Å². The third-order valence-corrected chi connectivity index (χ3v) is 3.34. The summed E-state index contributed by atoms with van der Waals surface area (Å²) in [4.78, 5) is 29.8. The maximum absolute atomic E-state index is 11.6. The van der Waals surface area contributed by atoms with E-state index in [1.807, 2.05) is 13.8 Å². The molecule has 0 bridgehead atoms. The van der Waals surface area contributed by atoms with E-state index in [9.17, 15) is 9.59 Å². The molecule has 0 atom stereocenters. The maximum Gasteiger partial charge on any atom is 0.372 e. The van der Waals surface area contributed by atoms with Gasteiger partial charge >= 0.3 is 5.97 Å². The fourth-order valence-corrected chi connectivity index (χ4v) is 2.39. The normalized spacial score (nSPS) is 10.8. The van der Waals surface area contributed by atoms with E-state index in [1.54, 1.807) is 0 Å². The first-order valence-corrected chi connectivity index (χ1v) is 5.05. The molecule has 15 heavy (non-hydrogen) atoms. The second-order valence-electron chi connectivity index (χ2n) is 3.18. The second-order valence-corrected chi connectivity index (χ2v) is 4.39. The van der Waals surface area contributed by atoms with Gasteiger partial charge in [0, 0.05) is 4.88 Å². The number of carboxylic acid groups (broad SMARTS) is 1. The molecule has 0 fully saturated rings. The molecule has 5 nitrogen and oxygen atoms in total. The number of hydrogen-bond acceptors (Lipinski definition) is 4. The molecule has 78 valence electrons. The molecule has 0 aliphatic heterocycles. The SMILES string of the molecule is Cc1sc2nc(C(=O)O)[nH]c(=O)c2c1C. The van der Waals surface area contributed by atoms with Crippen LogP contribution in [0.4, 0.5) is 0 Å². The molecule has 0 radical (unpaired) electrons. The van der Waals surface area contributed by atoms with Gasteiger partial charge in [-0.3, -0.25) is 4.79 Å². The fraction of sp³-hybridized carbons (Fsp3) is 0.222. The summed E-state index contributed by atoms with van der Waals surface area (Å²) >= 11 is 1.33. The average molecular weight is 224 g/mol. The third-order valence-electron chi connectivity index (χ3n) is 2.24. The van der Waals surface area contributed by atoms with Crippen molar-refractivity contribution in [2.24, 2.45) is 0 Å². The van der Waals surface area contributed by atoms with E-state index in [0.29, 0.717) is 10.2 Å². The highest BCUT2D eigenvalue weighted by atomic mass is 32.1. The minimum Gasteiger partial charge on any atom is -0.475 e. The van der Waals surface area contributed by atoms with Gasteiger partial charge < -0.3 is 10.1 Å². The topological polar surface area (TPSA) is 83.0 Å². The smallest absolute Gasteiger partial charge is 0.372 e. The van der Waals surface area contributed by atoms with Crippen LogP contribution in [0.15, 0.2) is 4.79 Å². The molecule has 0 aliphatic carbocycles. The summed E-state index contributed by atoms with van der Waals surface area (Å²) < 4.78 is 0. The van der Waals surface area contributed by atoms with Crippen molar-refractivity contribution in [3.63, 3.8) is 0 Å². The summed E-state index contributed by atoms with van der Waals surface area (Å²) in [5.74, 6) is -1.54. The highest BCUT2D eigenvalue weighted by molar-refractivity contribution is 7.18. The van der Waals surface area contributed by atoms with Crippen LogP contribution in [0.1, 0.15) is 21.1 Å². The largest absolute Gasteiger partial charge is 0.475 e. The van der Waals surface area contributed by atoms with Gasteiger partial charge in [0.1, 0.15) is 4.83 Å². The predicted octanol–water partition coefficient (Wildman–Crippen LogP) is 1.30. The predicted molar refractivity (Wildman–Crippen MR) is 56.7 cm³/mol. The zero-order valence-corrected chi connectivity index (χ0v) is 8.94. The summed E-state index contributed by atoms with van der Waals surface area (Å²) in [6, 6.07) is 0. The Kier molecular flexibility index (Phi) is 2.08. The molecule has 6 heteroatoms. The van der Waals surface area contributed by atoms with Crippen LogP contribution >= 0.6 is 11.3 Å². The molecule has 2 N–H and O–H groups in total. The summed E-state index contributed by atoms with van der Waals surface area (Å²) in [6.45, 7) is 3.70. The van der Waals surface area contributed by atoms with Crippen molar-refractivity contribution in [1.29, 1.82) is 0 Å². The Balaban J connectivity index is 2.90. The van der Waals surface area contributed by atoms with Crippen molar-refractivity contribution < 1.29 is 9.90 Å². The van der Waals surface area contributed by atoms with Gasteiger partial charge in [-0.15, -0.1) is 11.3 Å². The lowest BCUT2D eigenvalue weighted by Crippen LogP contribution is -2.15. The van der Waals surface area contributed by atoms with E-state index in [4.69, 9.17) is 5.11 Å². The highest BCUT2D eigenvalue weighted by Crippen LogP contribution is 2.25. The number of aromatic nitrogens is 2. The van der Waals surface area contributed by atoms with Crippen molar-refractivity contribution in [3.8, 4) is 0 Å². The Morgan fingerprint density at radius 3 is 2.73 bits per heavy atom. The number of carboxylic acids is 1. The van der Waals surface area contributed by atoms with Gasteiger partial charge in [-0.1, -0.05) is 0 Å². The molecule has 0 saturated heterocycles.